The number of carbonyl (C=O) groups is 3. The summed E-state index contributed by atoms with van der Waals surface area (Å²) in [6.45, 7) is 9.06. The molecule has 1 aromatic rings. The Morgan fingerprint density at radius 2 is 1.36 bits per heavy atom. The standard InChI is InChI=1S/C41H72N5O11P/c1-8-9-10-11-12-13-14-15-16-17-18-19-20-21-22-23-35(47)42-34-24-25-46(41(52)43-34)38-37(49)36(48)33(57-38)28-56-58(53,44-31(26-29(2)3)39(50)54-6)45-32(27-30(4)5)40(51)55-7/h15-16,24-25,29-33,36-38,48-49H,8-14,17-23,26-28H2,1-7H3,(H2,44,45,53)(H,42,43,47,52)/b16-15+/t31-,32-,33+,36+,37-,38+/m0/s1. The van der Waals surface area contributed by atoms with Crippen LogP contribution in [-0.4, -0.2) is 88.8 Å². The topological polar surface area (TPSA) is 217 Å². The number of allylic oxidation sites excluding steroid dienone is 2. The molecular formula is C41H72N5O11P. The number of ether oxygens (including phenoxy) is 3. The highest BCUT2D eigenvalue weighted by Crippen LogP contribution is 2.42. The fraction of sp³-hybridized carbons (Fsp3) is 0.780. The lowest BCUT2D eigenvalue weighted by Gasteiger charge is -2.30. The van der Waals surface area contributed by atoms with E-state index in [1.807, 2.05) is 27.7 Å². The second kappa shape index (κ2) is 27.7. The molecule has 1 saturated heterocycles. The van der Waals surface area contributed by atoms with Crippen molar-refractivity contribution in [1.29, 1.82) is 0 Å². The number of rotatable bonds is 30. The molecule has 0 saturated carbocycles. The summed E-state index contributed by atoms with van der Waals surface area (Å²) < 4.78 is 36.8. The van der Waals surface area contributed by atoms with E-state index in [2.05, 4.69) is 39.6 Å². The number of aliphatic hydroxyl groups is 2. The van der Waals surface area contributed by atoms with Crippen molar-refractivity contribution in [3.8, 4) is 0 Å². The van der Waals surface area contributed by atoms with Crippen LogP contribution in [0.1, 0.15) is 144 Å². The average Bonchev–Trinajstić information content (AvgIpc) is 3.45. The number of unbranched alkanes of at least 4 members (excludes halogenated alkanes) is 11. The molecule has 58 heavy (non-hydrogen) atoms. The summed E-state index contributed by atoms with van der Waals surface area (Å²) in [6.07, 6.45) is 15.6. The number of amides is 1. The van der Waals surface area contributed by atoms with Crippen LogP contribution in [0.2, 0.25) is 0 Å². The van der Waals surface area contributed by atoms with Gasteiger partial charge in [0.25, 0.3) is 0 Å². The van der Waals surface area contributed by atoms with Gasteiger partial charge in [-0.1, -0.05) is 98.1 Å². The van der Waals surface area contributed by atoms with Gasteiger partial charge in [0, 0.05) is 12.6 Å². The molecule has 0 unspecified atom stereocenters. The van der Waals surface area contributed by atoms with Crippen LogP contribution >= 0.6 is 7.67 Å². The average molecular weight is 842 g/mol. The van der Waals surface area contributed by atoms with Gasteiger partial charge in [0.05, 0.1) is 20.8 Å². The molecule has 2 heterocycles. The highest BCUT2D eigenvalue weighted by atomic mass is 31.2. The van der Waals surface area contributed by atoms with E-state index in [-0.39, 0.29) is 42.8 Å². The van der Waals surface area contributed by atoms with Crippen LogP contribution in [0, 0.1) is 11.8 Å². The number of nitrogens with zero attached hydrogens (tertiary/aromatic N) is 2. The normalized spacial score (nSPS) is 19.5. The number of methoxy groups -OCH3 is 2. The highest BCUT2D eigenvalue weighted by Gasteiger charge is 2.46. The maximum atomic E-state index is 14.4. The zero-order valence-electron chi connectivity index (χ0n) is 35.9. The van der Waals surface area contributed by atoms with Gasteiger partial charge in [-0.25, -0.2) is 15.0 Å². The Balaban J connectivity index is 1.95. The molecule has 0 aromatic carbocycles. The van der Waals surface area contributed by atoms with Gasteiger partial charge in [0.2, 0.25) is 5.91 Å². The zero-order chi connectivity index (χ0) is 43.1. The van der Waals surface area contributed by atoms with Gasteiger partial charge in [-0.05, 0) is 62.8 Å². The van der Waals surface area contributed by atoms with Gasteiger partial charge in [-0.2, -0.15) is 4.98 Å². The number of aliphatic hydroxyl groups excluding tert-OH is 2. The third-order valence-corrected chi connectivity index (χ3v) is 11.6. The van der Waals surface area contributed by atoms with E-state index in [0.29, 0.717) is 6.42 Å². The minimum atomic E-state index is -4.32. The SMILES string of the molecule is CCCCCCCC/C=C/CCCCCCCC(=O)Nc1ccn([C@@H]2O[C@H](COP(=O)(N[C@@H](CC(C)C)C(=O)OC)N[C@@H](CC(C)C)C(=O)OC)[C@@H](O)[C@@H]2O)c(=O)n1. The maximum Gasteiger partial charge on any atom is 0.351 e. The number of hydrogen-bond acceptors (Lipinski definition) is 12. The van der Waals surface area contributed by atoms with Crippen molar-refractivity contribution >= 4 is 31.3 Å². The molecule has 1 fully saturated rings. The Hall–Kier alpha value is -2.98. The van der Waals surface area contributed by atoms with Crippen LogP contribution < -0.4 is 21.2 Å². The highest BCUT2D eigenvalue weighted by molar-refractivity contribution is 7.54. The zero-order valence-corrected chi connectivity index (χ0v) is 36.8. The number of aromatic nitrogens is 2. The Kier molecular flexibility index (Phi) is 24.4. The van der Waals surface area contributed by atoms with E-state index < -0.39 is 68.5 Å². The summed E-state index contributed by atoms with van der Waals surface area (Å²) in [5, 5.41) is 29.8. The number of esters is 2. The first-order valence-corrected chi connectivity index (χ1v) is 22.8. The number of anilines is 1. The van der Waals surface area contributed by atoms with E-state index >= 15 is 0 Å². The third-order valence-electron chi connectivity index (χ3n) is 9.83. The Morgan fingerprint density at radius 3 is 1.86 bits per heavy atom. The lowest BCUT2D eigenvalue weighted by Crippen LogP contribution is -2.46. The molecule has 0 radical (unpaired) electrons. The van der Waals surface area contributed by atoms with Crippen LogP contribution in [-0.2, 0) is 37.7 Å². The molecule has 6 atom stereocenters. The lowest BCUT2D eigenvalue weighted by atomic mass is 10.1. The van der Waals surface area contributed by atoms with Crippen molar-refractivity contribution in [2.45, 2.75) is 174 Å². The van der Waals surface area contributed by atoms with E-state index in [1.165, 1.54) is 65.0 Å². The predicted octanol–water partition coefficient (Wildman–Crippen LogP) is 6.32. The molecule has 332 valence electrons. The van der Waals surface area contributed by atoms with E-state index in [1.54, 1.807) is 0 Å². The Bertz CT molecular complexity index is 1470. The van der Waals surface area contributed by atoms with Gasteiger partial charge in [-0.15, -0.1) is 0 Å². The van der Waals surface area contributed by atoms with Crippen LogP contribution in [0.15, 0.2) is 29.2 Å². The number of hydrogen-bond donors (Lipinski definition) is 5. The minimum Gasteiger partial charge on any atom is -0.468 e. The second-order valence-electron chi connectivity index (χ2n) is 15.9. The fourth-order valence-corrected chi connectivity index (χ4v) is 8.49. The van der Waals surface area contributed by atoms with Crippen LogP contribution in [0.4, 0.5) is 5.82 Å². The molecule has 0 aliphatic carbocycles. The van der Waals surface area contributed by atoms with Crippen molar-refractivity contribution in [3.05, 3.63) is 34.9 Å². The van der Waals surface area contributed by atoms with E-state index in [0.717, 1.165) is 43.1 Å². The summed E-state index contributed by atoms with van der Waals surface area (Å²) in [5.74, 6) is -1.72. The summed E-state index contributed by atoms with van der Waals surface area (Å²) in [6, 6.07) is -0.810. The lowest BCUT2D eigenvalue weighted by molar-refractivity contribution is -0.143. The van der Waals surface area contributed by atoms with Crippen molar-refractivity contribution < 1.29 is 47.9 Å². The molecule has 0 spiro atoms. The van der Waals surface area contributed by atoms with E-state index in [9.17, 15) is 34.0 Å². The molecule has 2 rings (SSSR count). The van der Waals surface area contributed by atoms with Gasteiger partial charge in [-0.3, -0.25) is 23.5 Å². The summed E-state index contributed by atoms with van der Waals surface area (Å²) in [5.41, 5.74) is -0.852. The Morgan fingerprint density at radius 1 is 0.845 bits per heavy atom. The summed E-state index contributed by atoms with van der Waals surface area (Å²) in [4.78, 5) is 54.8. The smallest absolute Gasteiger partial charge is 0.351 e. The van der Waals surface area contributed by atoms with Gasteiger partial charge in [0.15, 0.2) is 6.23 Å². The molecule has 1 aliphatic rings. The maximum absolute atomic E-state index is 14.4. The van der Waals surface area contributed by atoms with Crippen molar-refractivity contribution in [2.24, 2.45) is 11.8 Å². The molecular weight excluding hydrogens is 769 g/mol. The van der Waals surface area contributed by atoms with Crippen LogP contribution in [0.3, 0.4) is 0 Å². The van der Waals surface area contributed by atoms with Crippen LogP contribution in [0.25, 0.3) is 0 Å². The molecule has 16 nitrogen and oxygen atoms in total. The van der Waals surface area contributed by atoms with Crippen molar-refractivity contribution in [3.63, 3.8) is 0 Å². The first-order chi connectivity index (χ1) is 27.6. The first-order valence-electron chi connectivity index (χ1n) is 21.2. The number of nitrogens with one attached hydrogen (secondary N) is 3. The van der Waals surface area contributed by atoms with Gasteiger partial charge in [0.1, 0.15) is 36.2 Å². The quantitative estimate of drug-likeness (QED) is 0.0248. The molecule has 17 heteroatoms. The molecule has 1 aliphatic heterocycles. The minimum absolute atomic E-state index is 0.0309. The summed E-state index contributed by atoms with van der Waals surface area (Å²) in [7, 11) is -1.94. The van der Waals surface area contributed by atoms with Crippen LogP contribution in [0.5, 0.6) is 0 Å². The molecule has 1 amide bonds. The third kappa shape index (κ3) is 18.9. The van der Waals surface area contributed by atoms with E-state index in [4.69, 9.17) is 18.7 Å². The number of carbonyl (C=O) groups excluding carboxylic acids is 3. The van der Waals surface area contributed by atoms with Crippen molar-refractivity contribution in [2.75, 3.05) is 26.1 Å². The van der Waals surface area contributed by atoms with Gasteiger partial charge >= 0.3 is 25.3 Å². The first kappa shape index (κ1) is 51.2. The molecule has 0 bridgehead atoms. The second-order valence-corrected chi connectivity index (χ2v) is 17.8. The van der Waals surface area contributed by atoms with Gasteiger partial charge < -0.3 is 34.3 Å². The molecule has 1 aromatic heterocycles. The summed E-state index contributed by atoms with van der Waals surface area (Å²) >= 11 is 0. The fourth-order valence-electron chi connectivity index (χ4n) is 6.67. The largest absolute Gasteiger partial charge is 0.468 e. The predicted molar refractivity (Wildman–Crippen MR) is 223 cm³/mol. The van der Waals surface area contributed by atoms with Crippen molar-refractivity contribution in [1.82, 2.24) is 19.7 Å². The Labute approximate surface area is 345 Å². The monoisotopic (exact) mass is 841 g/mol. The molecule has 5 N–H and O–H groups in total.